The van der Waals surface area contributed by atoms with Gasteiger partial charge >= 0.3 is 0 Å². The molecule has 2 amide bonds. The number of hydrogen-bond acceptors (Lipinski definition) is 3. The van der Waals surface area contributed by atoms with E-state index in [2.05, 4.69) is 11.2 Å². The maximum absolute atomic E-state index is 11.6. The summed E-state index contributed by atoms with van der Waals surface area (Å²) in [5.74, 6) is 1.19. The van der Waals surface area contributed by atoms with Gasteiger partial charge in [0.2, 0.25) is 11.8 Å². The van der Waals surface area contributed by atoms with E-state index in [0.29, 0.717) is 0 Å². The molecule has 0 saturated carbocycles. The number of nitrogens with two attached hydrogens (primary N) is 2. The van der Waals surface area contributed by atoms with Crippen LogP contribution in [0.5, 0.6) is 0 Å². The predicted molar refractivity (Wildman–Crippen MR) is 70.0 cm³/mol. The van der Waals surface area contributed by atoms with Crippen molar-refractivity contribution in [2.24, 2.45) is 11.5 Å². The van der Waals surface area contributed by atoms with Gasteiger partial charge in [0.15, 0.2) is 0 Å². The van der Waals surface area contributed by atoms with E-state index in [1.54, 1.807) is 0 Å². The molecule has 5 N–H and O–H groups in total. The van der Waals surface area contributed by atoms with Gasteiger partial charge in [-0.3, -0.25) is 9.59 Å². The highest BCUT2D eigenvalue weighted by Gasteiger charge is 2.14. The molecule has 0 spiro atoms. The minimum atomic E-state index is -0.830. The van der Waals surface area contributed by atoms with Gasteiger partial charge in [-0.05, 0) is 18.2 Å². The summed E-state index contributed by atoms with van der Waals surface area (Å²) in [6.07, 6.45) is 5.17. The molecule has 0 aliphatic carbocycles. The number of nitrogens with one attached hydrogen (secondary N) is 1. The lowest BCUT2D eigenvalue weighted by atomic mass is 10.1. The summed E-state index contributed by atoms with van der Waals surface area (Å²) < 4.78 is 0. The Hall–Kier alpha value is -2.03. The van der Waals surface area contributed by atoms with Crippen molar-refractivity contribution in [2.75, 3.05) is 5.32 Å². The van der Waals surface area contributed by atoms with Gasteiger partial charge in [-0.1, -0.05) is 11.6 Å². The van der Waals surface area contributed by atoms with Crippen LogP contribution in [0.25, 0.3) is 0 Å². The average molecular weight is 266 g/mol. The van der Waals surface area contributed by atoms with E-state index in [0.717, 1.165) is 0 Å². The Kier molecular flexibility index (Phi) is 4.72. The first-order valence-corrected chi connectivity index (χ1v) is 5.42. The molecule has 94 valence electrons. The molecular weight excluding hydrogens is 254 g/mol. The Bertz CT molecular complexity index is 523. The lowest BCUT2D eigenvalue weighted by molar-refractivity contribution is -0.117. The van der Waals surface area contributed by atoms with Crippen LogP contribution < -0.4 is 16.8 Å². The topological polar surface area (TPSA) is 98.2 Å². The van der Waals surface area contributed by atoms with Crippen molar-refractivity contribution in [3.8, 4) is 12.3 Å². The van der Waals surface area contributed by atoms with Crippen LogP contribution >= 0.6 is 11.6 Å². The van der Waals surface area contributed by atoms with Gasteiger partial charge in [-0.25, -0.2) is 0 Å². The number of rotatable bonds is 4. The molecule has 1 aromatic rings. The Labute approximate surface area is 109 Å². The minimum Gasteiger partial charge on any atom is -0.366 e. The fraction of sp³-hybridized carbons (Fsp3) is 0.167. The van der Waals surface area contributed by atoms with Gasteiger partial charge in [0.25, 0.3) is 0 Å². The van der Waals surface area contributed by atoms with Crippen molar-refractivity contribution in [2.45, 2.75) is 12.5 Å². The van der Waals surface area contributed by atoms with Gasteiger partial charge in [0.1, 0.15) is 0 Å². The van der Waals surface area contributed by atoms with E-state index in [1.165, 1.54) is 18.2 Å². The van der Waals surface area contributed by atoms with Crippen LogP contribution in [0.4, 0.5) is 5.69 Å². The summed E-state index contributed by atoms with van der Waals surface area (Å²) in [4.78, 5) is 22.6. The molecule has 6 heteroatoms. The van der Waals surface area contributed by atoms with Crippen molar-refractivity contribution in [1.82, 2.24) is 0 Å². The lowest BCUT2D eigenvalue weighted by Crippen LogP contribution is -2.35. The molecule has 1 rings (SSSR count). The second-order valence-electron chi connectivity index (χ2n) is 3.56. The SMILES string of the molecule is C#CCC(N)C(=O)Nc1cc(C(N)=O)ccc1Cl. The Balaban J connectivity index is 2.90. The molecule has 0 heterocycles. The normalized spacial score (nSPS) is 11.4. The highest BCUT2D eigenvalue weighted by atomic mass is 35.5. The van der Waals surface area contributed by atoms with Gasteiger partial charge in [0, 0.05) is 12.0 Å². The van der Waals surface area contributed by atoms with Crippen molar-refractivity contribution in [3.05, 3.63) is 28.8 Å². The van der Waals surface area contributed by atoms with E-state index in [1.807, 2.05) is 0 Å². The van der Waals surface area contributed by atoms with Crippen LogP contribution in [0.15, 0.2) is 18.2 Å². The van der Waals surface area contributed by atoms with E-state index in [9.17, 15) is 9.59 Å². The van der Waals surface area contributed by atoms with Crippen molar-refractivity contribution >= 4 is 29.1 Å². The first-order chi connectivity index (χ1) is 8.45. The monoisotopic (exact) mass is 265 g/mol. The molecule has 1 aromatic carbocycles. The third-order valence-corrected chi connectivity index (χ3v) is 2.51. The smallest absolute Gasteiger partial charge is 0.248 e. The fourth-order valence-corrected chi connectivity index (χ4v) is 1.38. The molecule has 0 aliphatic rings. The van der Waals surface area contributed by atoms with Crippen LogP contribution in [0.3, 0.4) is 0 Å². The third-order valence-electron chi connectivity index (χ3n) is 2.18. The quantitative estimate of drug-likeness (QED) is 0.700. The van der Waals surface area contributed by atoms with Crippen LogP contribution in [-0.4, -0.2) is 17.9 Å². The van der Waals surface area contributed by atoms with Crippen molar-refractivity contribution < 1.29 is 9.59 Å². The third kappa shape index (κ3) is 3.48. The highest BCUT2D eigenvalue weighted by Crippen LogP contribution is 2.23. The highest BCUT2D eigenvalue weighted by molar-refractivity contribution is 6.34. The van der Waals surface area contributed by atoms with E-state index < -0.39 is 17.9 Å². The van der Waals surface area contributed by atoms with Gasteiger partial charge in [-0.2, -0.15) is 0 Å². The summed E-state index contributed by atoms with van der Waals surface area (Å²) in [6.45, 7) is 0. The zero-order chi connectivity index (χ0) is 13.7. The summed E-state index contributed by atoms with van der Waals surface area (Å²) in [6, 6.07) is 3.47. The molecule has 0 bridgehead atoms. The van der Waals surface area contributed by atoms with Crippen LogP contribution in [-0.2, 0) is 4.79 Å². The largest absolute Gasteiger partial charge is 0.366 e. The molecular formula is C12H12ClN3O2. The number of carbonyl (C=O) groups excluding carboxylic acids is 2. The van der Waals surface area contributed by atoms with Gasteiger partial charge < -0.3 is 16.8 Å². The van der Waals surface area contributed by atoms with Crippen LogP contribution in [0.2, 0.25) is 5.02 Å². The summed E-state index contributed by atoms with van der Waals surface area (Å²) >= 11 is 5.88. The first kappa shape index (κ1) is 14.0. The lowest BCUT2D eigenvalue weighted by Gasteiger charge is -2.11. The maximum Gasteiger partial charge on any atom is 0.248 e. The number of hydrogen-bond donors (Lipinski definition) is 3. The van der Waals surface area contributed by atoms with E-state index >= 15 is 0 Å². The number of amides is 2. The Morgan fingerprint density at radius 1 is 1.50 bits per heavy atom. The summed E-state index contributed by atoms with van der Waals surface area (Å²) in [5, 5.41) is 2.77. The minimum absolute atomic E-state index is 0.110. The molecule has 0 aliphatic heterocycles. The molecule has 1 atom stereocenters. The molecule has 5 nitrogen and oxygen atoms in total. The van der Waals surface area contributed by atoms with Crippen molar-refractivity contribution in [1.29, 1.82) is 0 Å². The zero-order valence-corrected chi connectivity index (χ0v) is 10.2. The van der Waals surface area contributed by atoms with E-state index in [-0.39, 0.29) is 22.7 Å². The Morgan fingerprint density at radius 2 is 2.17 bits per heavy atom. The molecule has 0 aromatic heterocycles. The number of carbonyl (C=O) groups is 2. The molecule has 18 heavy (non-hydrogen) atoms. The molecule has 0 saturated heterocycles. The second-order valence-corrected chi connectivity index (χ2v) is 3.97. The van der Waals surface area contributed by atoms with Gasteiger partial charge in [0.05, 0.1) is 16.8 Å². The number of halogens is 1. The second kappa shape index (κ2) is 6.05. The molecule has 1 unspecified atom stereocenters. The fourth-order valence-electron chi connectivity index (χ4n) is 1.22. The van der Waals surface area contributed by atoms with E-state index in [4.69, 9.17) is 29.5 Å². The molecule has 0 radical (unpaired) electrons. The number of anilines is 1. The zero-order valence-electron chi connectivity index (χ0n) is 9.44. The van der Waals surface area contributed by atoms with Crippen molar-refractivity contribution in [3.63, 3.8) is 0 Å². The summed E-state index contributed by atoms with van der Waals surface area (Å²) in [7, 11) is 0. The average Bonchev–Trinajstić information content (AvgIpc) is 2.31. The predicted octanol–water partition coefficient (Wildman–Crippen LogP) is 0.728. The maximum atomic E-state index is 11.6. The van der Waals surface area contributed by atoms with Crippen LogP contribution in [0.1, 0.15) is 16.8 Å². The number of benzene rings is 1. The standard InChI is InChI=1S/C12H12ClN3O2/c1-2-3-9(14)12(18)16-10-6-7(11(15)17)4-5-8(10)13/h1,4-6,9H,3,14H2,(H2,15,17)(H,16,18). The first-order valence-electron chi connectivity index (χ1n) is 5.05. The number of primary amides is 1. The van der Waals surface area contributed by atoms with Gasteiger partial charge in [-0.15, -0.1) is 12.3 Å². The number of terminal acetylenes is 1. The molecule has 0 fully saturated rings. The van der Waals surface area contributed by atoms with Crippen LogP contribution in [0, 0.1) is 12.3 Å². The summed E-state index contributed by atoms with van der Waals surface area (Å²) in [5.41, 5.74) is 11.2. The Morgan fingerprint density at radius 3 is 2.72 bits per heavy atom.